The van der Waals surface area contributed by atoms with Gasteiger partial charge >= 0.3 is 0 Å². The molecule has 65 heavy (non-hydrogen) atoms. The van der Waals surface area contributed by atoms with E-state index in [9.17, 15) is 19.2 Å². The first-order chi connectivity index (χ1) is 31.4. The summed E-state index contributed by atoms with van der Waals surface area (Å²) in [5.41, 5.74) is 6.15. The fourth-order valence-corrected chi connectivity index (χ4v) is 11.0. The van der Waals surface area contributed by atoms with Gasteiger partial charge in [-0.25, -0.2) is 18.2 Å². The lowest BCUT2D eigenvalue weighted by molar-refractivity contribution is -0.137. The Morgan fingerprint density at radius 3 is 2.46 bits per heavy atom. The van der Waals surface area contributed by atoms with Crippen LogP contribution in [0.1, 0.15) is 89.8 Å². The Morgan fingerprint density at radius 2 is 1.71 bits per heavy atom. The lowest BCUT2D eigenvalue weighted by atomic mass is 9.91. The van der Waals surface area contributed by atoms with E-state index < -0.39 is 30.1 Å². The molecule has 0 aliphatic carbocycles. The molecule has 6 aliphatic heterocycles. The molecule has 1 N–H and O–H groups in total. The predicted octanol–water partition coefficient (Wildman–Crippen LogP) is 5.56. The van der Waals surface area contributed by atoms with Gasteiger partial charge < -0.3 is 28.7 Å². The Labute approximate surface area is 372 Å². The number of anilines is 3. The van der Waals surface area contributed by atoms with E-state index in [0.717, 1.165) is 49.2 Å². The Morgan fingerprint density at radius 1 is 0.892 bits per heavy atom. The van der Waals surface area contributed by atoms with Crippen LogP contribution in [0.15, 0.2) is 48.9 Å². The zero-order chi connectivity index (χ0) is 44.8. The van der Waals surface area contributed by atoms with Crippen LogP contribution in [0.5, 0.6) is 5.75 Å². The normalized spacial score (nSPS) is 20.6. The van der Waals surface area contributed by atoms with Crippen molar-refractivity contribution in [1.29, 1.82) is 0 Å². The molecule has 2 aromatic carbocycles. The second kappa shape index (κ2) is 15.9. The number of hydrogen-bond donors (Lipinski definition) is 1. The van der Waals surface area contributed by atoms with Crippen LogP contribution in [0, 0.1) is 5.82 Å². The lowest BCUT2D eigenvalue weighted by Crippen LogP contribution is -2.61. The fourth-order valence-electron chi connectivity index (χ4n) is 11.0. The topological polar surface area (TPSA) is 141 Å². The number of methoxy groups -OCH3 is 1. The van der Waals surface area contributed by atoms with Crippen LogP contribution in [0.4, 0.5) is 30.4 Å². The molecule has 3 saturated heterocycles. The van der Waals surface area contributed by atoms with Gasteiger partial charge in [0.2, 0.25) is 17.7 Å². The van der Waals surface area contributed by atoms with Crippen molar-refractivity contribution in [2.24, 2.45) is 0 Å². The molecule has 3 aromatic heterocycles. The van der Waals surface area contributed by atoms with Crippen LogP contribution in [-0.2, 0) is 40.3 Å². The van der Waals surface area contributed by atoms with Crippen molar-refractivity contribution >= 4 is 46.5 Å². The average Bonchev–Trinajstić information content (AvgIpc) is 4.01. The maximum absolute atomic E-state index is 16.1. The zero-order valence-corrected chi connectivity index (χ0v) is 36.2. The number of imide groups is 1. The minimum absolute atomic E-state index is 0.0154. The molecule has 3 fully saturated rings. The molecule has 0 bridgehead atoms. The molecule has 1 unspecified atom stereocenters. The molecule has 15 nitrogen and oxygen atoms in total. The van der Waals surface area contributed by atoms with Crippen LogP contribution >= 0.6 is 0 Å². The van der Waals surface area contributed by atoms with Gasteiger partial charge in [0.1, 0.15) is 17.4 Å². The highest BCUT2D eigenvalue weighted by Crippen LogP contribution is 2.46. The van der Waals surface area contributed by atoms with Gasteiger partial charge in [0.05, 0.1) is 38.1 Å². The molecular weight excluding hydrogens is 842 g/mol. The summed E-state index contributed by atoms with van der Waals surface area (Å²) in [6.07, 6.45) is 6.60. The van der Waals surface area contributed by atoms with Gasteiger partial charge in [-0.05, 0) is 73.6 Å². The number of benzene rings is 2. The van der Waals surface area contributed by atoms with Crippen molar-refractivity contribution < 1.29 is 37.1 Å². The molecule has 1 atom stereocenters. The third-order valence-corrected chi connectivity index (χ3v) is 14.6. The number of pyridine rings is 1. The molecule has 338 valence electrons. The minimum atomic E-state index is -2.76. The Hall–Kier alpha value is -6.43. The number of likely N-dealkylation sites (tertiary alicyclic amines) is 1. The average molecular weight is 891 g/mol. The van der Waals surface area contributed by atoms with E-state index in [2.05, 4.69) is 24.8 Å². The molecule has 18 heteroatoms. The third-order valence-electron chi connectivity index (χ3n) is 14.6. The van der Waals surface area contributed by atoms with Crippen LogP contribution in [-0.4, -0.2) is 116 Å². The fraction of sp³-hybridized carbons (Fsp3) is 0.447. The van der Waals surface area contributed by atoms with Gasteiger partial charge in [0, 0.05) is 117 Å². The monoisotopic (exact) mass is 890 g/mol. The number of aryl methyl sites for hydroxylation is 1. The molecule has 0 saturated carbocycles. The van der Waals surface area contributed by atoms with E-state index in [0.29, 0.717) is 85.3 Å². The summed E-state index contributed by atoms with van der Waals surface area (Å²) in [6, 6.07) is 8.09. The minimum Gasteiger partial charge on any atom is -0.495 e. The number of rotatable bonds is 8. The number of imidazole rings is 1. The predicted molar refractivity (Wildman–Crippen MR) is 233 cm³/mol. The van der Waals surface area contributed by atoms with Crippen molar-refractivity contribution in [3.63, 3.8) is 0 Å². The number of halogens is 3. The van der Waals surface area contributed by atoms with E-state index in [1.54, 1.807) is 54.2 Å². The van der Waals surface area contributed by atoms with Gasteiger partial charge in [-0.1, -0.05) is 0 Å². The SMILES string of the molecule is COc1cn2ccnc2cc1-c1cc2c(cc1C(F)F)N(c1nn(C3CCN(C4CN(c5ccc6c(c5F)CN(C5CCC(=O)NC5=O)C6=O)C4)CC3)c3c1CN(C(C)=O)CC3)CCC2. The van der Waals surface area contributed by atoms with Gasteiger partial charge in [-0.2, -0.15) is 5.10 Å². The highest BCUT2D eigenvalue weighted by atomic mass is 19.3. The molecule has 0 spiro atoms. The lowest BCUT2D eigenvalue weighted by Gasteiger charge is -2.48. The van der Waals surface area contributed by atoms with Crippen LogP contribution in [0.2, 0.25) is 0 Å². The largest absolute Gasteiger partial charge is 0.495 e. The summed E-state index contributed by atoms with van der Waals surface area (Å²) in [6.45, 7) is 6.02. The van der Waals surface area contributed by atoms with E-state index in [1.807, 2.05) is 15.9 Å². The summed E-state index contributed by atoms with van der Waals surface area (Å²) in [5.74, 6) is -0.581. The summed E-state index contributed by atoms with van der Waals surface area (Å²) < 4.78 is 56.1. The van der Waals surface area contributed by atoms with Crippen molar-refractivity contribution in [2.75, 3.05) is 56.2 Å². The highest BCUT2D eigenvalue weighted by Gasteiger charge is 2.43. The van der Waals surface area contributed by atoms with Crippen molar-refractivity contribution in [2.45, 2.75) is 89.5 Å². The first-order valence-corrected chi connectivity index (χ1v) is 22.5. The number of aromatic nitrogens is 4. The van der Waals surface area contributed by atoms with Gasteiger partial charge in [-0.15, -0.1) is 0 Å². The van der Waals surface area contributed by atoms with Gasteiger partial charge in [-0.3, -0.25) is 34.1 Å². The Kier molecular flexibility index (Phi) is 10.1. The van der Waals surface area contributed by atoms with E-state index >= 15 is 13.2 Å². The molecule has 5 aromatic rings. The second-order valence-corrected chi connectivity index (χ2v) is 18.1. The van der Waals surface area contributed by atoms with E-state index in [1.165, 1.54) is 12.0 Å². The number of alkyl halides is 2. The molecule has 0 radical (unpaired) electrons. The van der Waals surface area contributed by atoms with Crippen molar-refractivity contribution in [3.8, 4) is 16.9 Å². The molecule has 6 aliphatic rings. The van der Waals surface area contributed by atoms with E-state index in [-0.39, 0.29) is 60.0 Å². The van der Waals surface area contributed by atoms with E-state index in [4.69, 9.17) is 9.84 Å². The number of carbonyl (C=O) groups is 4. The summed E-state index contributed by atoms with van der Waals surface area (Å²) >= 11 is 0. The number of nitrogens with zero attached hydrogens (tertiary/aromatic N) is 9. The van der Waals surface area contributed by atoms with Crippen molar-refractivity contribution in [1.82, 2.24) is 39.2 Å². The van der Waals surface area contributed by atoms with Crippen LogP contribution in [0.25, 0.3) is 16.8 Å². The molecule has 9 heterocycles. The molecule has 11 rings (SSSR count). The van der Waals surface area contributed by atoms with Crippen LogP contribution < -0.4 is 19.9 Å². The summed E-state index contributed by atoms with van der Waals surface area (Å²) in [7, 11) is 1.53. The first-order valence-electron chi connectivity index (χ1n) is 22.5. The first kappa shape index (κ1) is 41.3. The maximum atomic E-state index is 16.1. The standard InChI is InChI=1S/C47H49F3N10O5/c1-26(61)55-16-11-36-35(23-55)45(58-13-3-4-27-18-31(33(44(49)50)19-39(27)58)32-20-41-51-12-17-56(41)25-40(32)65-2)53-60(36)28-9-14-54(15-10-28)29-21-57(22-29)37-6-5-30-34(43(37)48)24-59(47(30)64)38-7-8-42(62)52-46(38)63/h5-6,12,17-20,25,28-29,38,44H,3-4,7-11,13-16,21-24H2,1-2H3,(H,52,62,63). The number of carbonyl (C=O) groups excluding carboxylic acids is 4. The van der Waals surface area contributed by atoms with Crippen molar-refractivity contribution in [3.05, 3.63) is 88.3 Å². The van der Waals surface area contributed by atoms with Crippen LogP contribution in [0.3, 0.4) is 0 Å². The number of ether oxygens (including phenoxy) is 1. The highest BCUT2D eigenvalue weighted by molar-refractivity contribution is 6.05. The zero-order valence-electron chi connectivity index (χ0n) is 36.2. The number of piperidine rings is 2. The Bertz CT molecular complexity index is 2790. The van der Waals surface area contributed by atoms with Gasteiger partial charge in [0.25, 0.3) is 12.3 Å². The second-order valence-electron chi connectivity index (χ2n) is 18.1. The number of fused-ring (bicyclic) bond motifs is 4. The van der Waals surface area contributed by atoms with Gasteiger partial charge in [0.15, 0.2) is 11.6 Å². The number of amides is 4. The quantitative estimate of drug-likeness (QED) is 0.197. The summed E-state index contributed by atoms with van der Waals surface area (Å²) in [4.78, 5) is 64.3. The summed E-state index contributed by atoms with van der Waals surface area (Å²) in [5, 5.41) is 7.63. The third kappa shape index (κ3) is 6.90. The number of nitrogens with one attached hydrogen (secondary N) is 1. The number of hydrogen-bond acceptors (Lipinski definition) is 10. The maximum Gasteiger partial charge on any atom is 0.264 e. The molecule has 4 amide bonds. The smallest absolute Gasteiger partial charge is 0.264 e. The molecular formula is C47H49F3N10O5. The Balaban J connectivity index is 0.818.